The Morgan fingerprint density at radius 3 is 2.60 bits per heavy atom. The van der Waals surface area contributed by atoms with Gasteiger partial charge in [-0.15, -0.1) is 5.10 Å². The molecule has 3 aromatic rings. The minimum absolute atomic E-state index is 0.0126. The van der Waals surface area contributed by atoms with Gasteiger partial charge >= 0.3 is 6.18 Å². The van der Waals surface area contributed by atoms with Crippen LogP contribution in [-0.4, -0.2) is 14.6 Å². The molecule has 0 unspecified atom stereocenters. The van der Waals surface area contributed by atoms with Gasteiger partial charge in [0, 0.05) is 11.8 Å². The van der Waals surface area contributed by atoms with E-state index < -0.39 is 11.7 Å². The van der Waals surface area contributed by atoms with Crippen LogP contribution in [0, 0.1) is 6.92 Å². The maximum atomic E-state index is 13.0. The van der Waals surface area contributed by atoms with E-state index in [0.717, 1.165) is 11.6 Å². The number of benzene rings is 1. The third kappa shape index (κ3) is 2.13. The van der Waals surface area contributed by atoms with Gasteiger partial charge in [-0.2, -0.15) is 13.2 Å². The molecule has 0 fully saturated rings. The Morgan fingerprint density at radius 2 is 1.85 bits per heavy atom. The van der Waals surface area contributed by atoms with Gasteiger partial charge in [-0.05, 0) is 30.7 Å². The number of aryl methyl sites for hydroxylation is 1. The molecule has 0 spiro atoms. The Labute approximate surface area is 112 Å². The van der Waals surface area contributed by atoms with Crippen LogP contribution < -0.4 is 0 Å². The first-order valence-electron chi connectivity index (χ1n) is 5.95. The first kappa shape index (κ1) is 12.7. The lowest BCUT2D eigenvalue weighted by atomic mass is 10.1. The third-order valence-corrected chi connectivity index (χ3v) is 2.97. The molecule has 3 nitrogen and oxygen atoms in total. The number of alkyl halides is 3. The van der Waals surface area contributed by atoms with Crippen LogP contribution in [-0.2, 0) is 6.18 Å². The number of nitrogens with zero attached hydrogens (tertiary/aromatic N) is 3. The molecule has 6 heteroatoms. The van der Waals surface area contributed by atoms with Crippen LogP contribution in [0.15, 0.2) is 42.6 Å². The summed E-state index contributed by atoms with van der Waals surface area (Å²) in [5, 5.41) is 4.10. The number of aromatic nitrogens is 3. The van der Waals surface area contributed by atoms with Crippen LogP contribution >= 0.6 is 0 Å². The average molecular weight is 277 g/mol. The average Bonchev–Trinajstić information content (AvgIpc) is 2.80. The fourth-order valence-electron chi connectivity index (χ4n) is 2.02. The van der Waals surface area contributed by atoms with Gasteiger partial charge in [0.15, 0.2) is 11.5 Å². The molecule has 0 aliphatic carbocycles. The van der Waals surface area contributed by atoms with Crippen molar-refractivity contribution < 1.29 is 13.2 Å². The molecule has 102 valence electrons. The highest BCUT2D eigenvalue weighted by Gasteiger charge is 2.34. The molecule has 0 saturated carbocycles. The van der Waals surface area contributed by atoms with E-state index in [9.17, 15) is 13.2 Å². The van der Waals surface area contributed by atoms with E-state index in [2.05, 4.69) is 10.1 Å². The Bertz CT molecular complexity index is 775. The second kappa shape index (κ2) is 4.33. The monoisotopic (exact) mass is 277 g/mol. The van der Waals surface area contributed by atoms with Gasteiger partial charge < -0.3 is 0 Å². The highest BCUT2D eigenvalue weighted by molar-refractivity contribution is 5.63. The summed E-state index contributed by atoms with van der Waals surface area (Å²) in [6, 6.07) is 8.90. The number of fused-ring (bicyclic) bond motifs is 1. The van der Waals surface area contributed by atoms with Crippen LogP contribution in [0.25, 0.3) is 17.0 Å². The fourth-order valence-corrected chi connectivity index (χ4v) is 2.02. The van der Waals surface area contributed by atoms with E-state index in [-0.39, 0.29) is 11.4 Å². The van der Waals surface area contributed by atoms with Crippen molar-refractivity contribution in [1.82, 2.24) is 14.6 Å². The summed E-state index contributed by atoms with van der Waals surface area (Å²) in [5.41, 5.74) is 0.756. The van der Waals surface area contributed by atoms with E-state index in [1.165, 1.54) is 16.6 Å². The summed E-state index contributed by atoms with van der Waals surface area (Å²) in [5.74, 6) is 0.0727. The van der Waals surface area contributed by atoms with E-state index in [4.69, 9.17) is 0 Å². The smallest absolute Gasteiger partial charge is 0.221 e. The quantitative estimate of drug-likeness (QED) is 0.678. The summed E-state index contributed by atoms with van der Waals surface area (Å²) >= 11 is 0. The van der Waals surface area contributed by atoms with Crippen molar-refractivity contribution in [2.24, 2.45) is 0 Å². The van der Waals surface area contributed by atoms with Crippen LogP contribution in [0.1, 0.15) is 11.1 Å². The molecule has 0 radical (unpaired) electrons. The van der Waals surface area contributed by atoms with E-state index in [1.807, 2.05) is 13.0 Å². The molecule has 2 heterocycles. The number of hydrogen-bond acceptors (Lipinski definition) is 2. The third-order valence-electron chi connectivity index (χ3n) is 2.97. The van der Waals surface area contributed by atoms with Crippen molar-refractivity contribution in [1.29, 1.82) is 0 Å². The number of rotatable bonds is 1. The standard InChI is InChI=1S/C14H10F3N3/c1-9-6-7-20-12(8-9)18-13(19-20)10-4-2-3-5-11(10)14(15,16)17/h2-8H,1H3. The molecule has 0 bridgehead atoms. The SMILES string of the molecule is Cc1ccn2nc(-c3ccccc3C(F)(F)F)nc2c1. The molecule has 0 aliphatic rings. The lowest BCUT2D eigenvalue weighted by molar-refractivity contribution is -0.137. The Hall–Kier alpha value is -2.37. The van der Waals surface area contributed by atoms with Gasteiger partial charge in [0.25, 0.3) is 0 Å². The van der Waals surface area contributed by atoms with Crippen molar-refractivity contribution in [3.05, 3.63) is 53.7 Å². The Balaban J connectivity index is 2.21. The second-order valence-corrected chi connectivity index (χ2v) is 4.49. The van der Waals surface area contributed by atoms with Crippen molar-refractivity contribution in [2.75, 3.05) is 0 Å². The molecular formula is C14H10F3N3. The van der Waals surface area contributed by atoms with Gasteiger partial charge in [-0.3, -0.25) is 0 Å². The van der Waals surface area contributed by atoms with Gasteiger partial charge in [0.05, 0.1) is 5.56 Å². The van der Waals surface area contributed by atoms with E-state index >= 15 is 0 Å². The molecule has 1 aromatic carbocycles. The molecule has 0 atom stereocenters. The molecule has 0 amide bonds. The van der Waals surface area contributed by atoms with Gasteiger partial charge in [0.1, 0.15) is 0 Å². The fraction of sp³-hybridized carbons (Fsp3) is 0.143. The summed E-state index contributed by atoms with van der Waals surface area (Å²) in [6.45, 7) is 1.89. The molecule has 2 aromatic heterocycles. The zero-order chi connectivity index (χ0) is 14.3. The van der Waals surface area contributed by atoms with Crippen LogP contribution in [0.2, 0.25) is 0 Å². The second-order valence-electron chi connectivity index (χ2n) is 4.49. The van der Waals surface area contributed by atoms with Crippen LogP contribution in [0.5, 0.6) is 0 Å². The predicted molar refractivity (Wildman–Crippen MR) is 68.2 cm³/mol. The lowest BCUT2D eigenvalue weighted by Gasteiger charge is -2.09. The number of pyridine rings is 1. The largest absolute Gasteiger partial charge is 0.417 e. The van der Waals surface area contributed by atoms with Crippen molar-refractivity contribution in [3.8, 4) is 11.4 Å². The van der Waals surface area contributed by atoms with E-state index in [1.54, 1.807) is 18.3 Å². The summed E-state index contributed by atoms with van der Waals surface area (Å²) in [7, 11) is 0. The predicted octanol–water partition coefficient (Wildman–Crippen LogP) is 3.72. The first-order valence-corrected chi connectivity index (χ1v) is 5.95. The lowest BCUT2D eigenvalue weighted by Crippen LogP contribution is -2.07. The maximum absolute atomic E-state index is 13.0. The molecule has 3 rings (SSSR count). The van der Waals surface area contributed by atoms with Gasteiger partial charge in [-0.25, -0.2) is 9.50 Å². The highest BCUT2D eigenvalue weighted by atomic mass is 19.4. The zero-order valence-corrected chi connectivity index (χ0v) is 10.5. The first-order chi connectivity index (χ1) is 9.45. The van der Waals surface area contributed by atoms with Crippen LogP contribution in [0.4, 0.5) is 13.2 Å². The Kier molecular flexibility index (Phi) is 2.74. The minimum Gasteiger partial charge on any atom is -0.221 e. The zero-order valence-electron chi connectivity index (χ0n) is 10.5. The number of hydrogen-bond donors (Lipinski definition) is 0. The topological polar surface area (TPSA) is 30.2 Å². The summed E-state index contributed by atoms with van der Waals surface area (Å²) < 4.78 is 40.4. The molecule has 0 saturated heterocycles. The Morgan fingerprint density at radius 1 is 1.10 bits per heavy atom. The normalized spacial score (nSPS) is 12.0. The molecule has 20 heavy (non-hydrogen) atoms. The minimum atomic E-state index is -4.43. The summed E-state index contributed by atoms with van der Waals surface area (Å²) in [6.07, 6.45) is -2.75. The van der Waals surface area contributed by atoms with E-state index in [0.29, 0.717) is 5.65 Å². The molecule has 0 aliphatic heterocycles. The maximum Gasteiger partial charge on any atom is 0.417 e. The van der Waals surface area contributed by atoms with Gasteiger partial charge in [-0.1, -0.05) is 18.2 Å². The molecular weight excluding hydrogens is 267 g/mol. The van der Waals surface area contributed by atoms with Gasteiger partial charge in [0.2, 0.25) is 0 Å². The molecule has 0 N–H and O–H groups in total. The number of halogens is 3. The van der Waals surface area contributed by atoms with Crippen molar-refractivity contribution in [2.45, 2.75) is 13.1 Å². The van der Waals surface area contributed by atoms with Crippen molar-refractivity contribution in [3.63, 3.8) is 0 Å². The van der Waals surface area contributed by atoms with Crippen molar-refractivity contribution >= 4 is 5.65 Å². The highest BCUT2D eigenvalue weighted by Crippen LogP contribution is 2.35. The summed E-state index contributed by atoms with van der Waals surface area (Å²) in [4.78, 5) is 4.17. The van der Waals surface area contributed by atoms with Crippen LogP contribution in [0.3, 0.4) is 0 Å².